The Morgan fingerprint density at radius 2 is 1.32 bits per heavy atom. The lowest BCUT2D eigenvalue weighted by Crippen LogP contribution is -2.05. The molecule has 0 aliphatic heterocycles. The van der Waals surface area contributed by atoms with E-state index in [0.29, 0.717) is 5.56 Å². The molecular weight excluding hydrogens is 280 g/mol. The van der Waals surface area contributed by atoms with Crippen molar-refractivity contribution in [3.8, 4) is 22.3 Å². The summed E-state index contributed by atoms with van der Waals surface area (Å²) in [6, 6.07) is 20.1. The first kappa shape index (κ1) is 13.8. The molecule has 0 fully saturated rings. The van der Waals surface area contributed by atoms with E-state index in [9.17, 15) is 9.59 Å². The molecule has 0 saturated carbocycles. The molecule has 0 saturated heterocycles. The number of hydrogen-bond acceptors (Lipinski definition) is 3. The van der Waals surface area contributed by atoms with Gasteiger partial charge >= 0.3 is 11.6 Å². The van der Waals surface area contributed by atoms with Gasteiger partial charge in [0.2, 0.25) is 5.76 Å². The number of aromatic carboxylic acids is 1. The van der Waals surface area contributed by atoms with Crippen LogP contribution in [0.5, 0.6) is 0 Å². The second kappa shape index (κ2) is 5.69. The van der Waals surface area contributed by atoms with Crippen molar-refractivity contribution in [1.29, 1.82) is 0 Å². The van der Waals surface area contributed by atoms with Gasteiger partial charge in [-0.1, -0.05) is 54.6 Å². The number of rotatable bonds is 3. The maximum Gasteiger partial charge on any atom is 0.371 e. The minimum atomic E-state index is -1.26. The van der Waals surface area contributed by atoms with Crippen molar-refractivity contribution in [1.82, 2.24) is 0 Å². The van der Waals surface area contributed by atoms with Crippen LogP contribution in [0, 0.1) is 0 Å². The summed E-state index contributed by atoms with van der Waals surface area (Å²) < 4.78 is 4.64. The Morgan fingerprint density at radius 1 is 0.773 bits per heavy atom. The van der Waals surface area contributed by atoms with Crippen molar-refractivity contribution < 1.29 is 14.3 Å². The van der Waals surface area contributed by atoms with Gasteiger partial charge in [0, 0.05) is 6.07 Å². The molecule has 0 unspecified atom stereocenters. The zero-order valence-corrected chi connectivity index (χ0v) is 11.5. The third-order valence-electron chi connectivity index (χ3n) is 3.31. The van der Waals surface area contributed by atoms with Crippen LogP contribution >= 0.6 is 0 Å². The van der Waals surface area contributed by atoms with Crippen LogP contribution in [0.25, 0.3) is 22.3 Å². The average molecular weight is 292 g/mol. The van der Waals surface area contributed by atoms with Crippen LogP contribution in [0.15, 0.2) is 75.9 Å². The second-order valence-electron chi connectivity index (χ2n) is 4.78. The van der Waals surface area contributed by atoms with Gasteiger partial charge in [-0.15, -0.1) is 0 Å². The molecule has 0 atom stereocenters. The molecule has 4 nitrogen and oxygen atoms in total. The Labute approximate surface area is 126 Å². The van der Waals surface area contributed by atoms with Gasteiger partial charge in [0.1, 0.15) is 0 Å². The smallest absolute Gasteiger partial charge is 0.371 e. The highest BCUT2D eigenvalue weighted by Gasteiger charge is 2.10. The highest BCUT2D eigenvalue weighted by atomic mass is 16.4. The summed E-state index contributed by atoms with van der Waals surface area (Å²) >= 11 is 0. The summed E-state index contributed by atoms with van der Waals surface area (Å²) in [5.74, 6) is -1.63. The third kappa shape index (κ3) is 2.81. The molecule has 0 aliphatic rings. The molecule has 0 amide bonds. The third-order valence-corrected chi connectivity index (χ3v) is 3.31. The fourth-order valence-electron chi connectivity index (χ4n) is 2.23. The molecule has 3 rings (SSSR count). The quantitative estimate of drug-likeness (QED) is 0.799. The predicted molar refractivity (Wildman–Crippen MR) is 82.8 cm³/mol. The summed E-state index contributed by atoms with van der Waals surface area (Å²) in [5.41, 5.74) is 2.74. The normalized spacial score (nSPS) is 10.4. The van der Waals surface area contributed by atoms with Gasteiger partial charge in [0.25, 0.3) is 0 Å². The Bertz CT molecular complexity index is 862. The van der Waals surface area contributed by atoms with E-state index in [0.717, 1.165) is 16.7 Å². The van der Waals surface area contributed by atoms with E-state index >= 15 is 0 Å². The first-order chi connectivity index (χ1) is 10.6. The zero-order valence-electron chi connectivity index (χ0n) is 11.5. The van der Waals surface area contributed by atoms with E-state index in [1.807, 2.05) is 54.6 Å². The van der Waals surface area contributed by atoms with Crippen LogP contribution < -0.4 is 5.63 Å². The Hall–Kier alpha value is -3.14. The first-order valence-electron chi connectivity index (χ1n) is 6.68. The minimum absolute atomic E-state index is 0.366. The fraction of sp³-hybridized carbons (Fsp3) is 0. The molecule has 1 heterocycles. The molecule has 3 aromatic rings. The van der Waals surface area contributed by atoms with Gasteiger partial charge in [-0.2, -0.15) is 0 Å². The lowest BCUT2D eigenvalue weighted by molar-refractivity contribution is 0.0657. The van der Waals surface area contributed by atoms with Gasteiger partial charge < -0.3 is 9.52 Å². The highest BCUT2D eigenvalue weighted by molar-refractivity contribution is 5.86. The molecule has 22 heavy (non-hydrogen) atoms. The van der Waals surface area contributed by atoms with Gasteiger partial charge in [-0.25, -0.2) is 9.59 Å². The van der Waals surface area contributed by atoms with Crippen LogP contribution in [-0.4, -0.2) is 11.1 Å². The van der Waals surface area contributed by atoms with Crippen LogP contribution in [0.4, 0.5) is 0 Å². The van der Waals surface area contributed by atoms with Crippen molar-refractivity contribution in [3.63, 3.8) is 0 Å². The Morgan fingerprint density at radius 3 is 1.91 bits per heavy atom. The number of benzene rings is 2. The molecule has 4 heteroatoms. The van der Waals surface area contributed by atoms with E-state index in [1.165, 1.54) is 12.1 Å². The molecular formula is C18H12O4. The van der Waals surface area contributed by atoms with Crippen LogP contribution in [0.2, 0.25) is 0 Å². The van der Waals surface area contributed by atoms with E-state index in [-0.39, 0.29) is 5.76 Å². The Kier molecular flexibility index (Phi) is 3.58. The van der Waals surface area contributed by atoms with Gasteiger partial charge in [0.05, 0.1) is 0 Å². The average Bonchev–Trinajstić information content (AvgIpc) is 2.55. The summed E-state index contributed by atoms with van der Waals surface area (Å²) in [6.45, 7) is 0. The van der Waals surface area contributed by atoms with Crippen molar-refractivity contribution in [2.24, 2.45) is 0 Å². The van der Waals surface area contributed by atoms with Gasteiger partial charge in [-0.3, -0.25) is 0 Å². The van der Waals surface area contributed by atoms with E-state index < -0.39 is 11.6 Å². The molecule has 108 valence electrons. The molecule has 1 aromatic heterocycles. The lowest BCUT2D eigenvalue weighted by atomic mass is 10.0. The molecule has 0 spiro atoms. The summed E-state index contributed by atoms with van der Waals surface area (Å²) in [6.07, 6.45) is 0. The SMILES string of the molecule is O=C(O)c1cc(-c2ccc(-c3ccccc3)cc2)cc(=O)o1. The van der Waals surface area contributed by atoms with Crippen LogP contribution in [0.3, 0.4) is 0 Å². The van der Waals surface area contributed by atoms with Gasteiger partial charge in [0.15, 0.2) is 0 Å². The Balaban J connectivity index is 2.00. The predicted octanol–water partition coefficient (Wildman–Crippen LogP) is 3.67. The van der Waals surface area contributed by atoms with Crippen molar-refractivity contribution in [2.45, 2.75) is 0 Å². The summed E-state index contributed by atoms with van der Waals surface area (Å²) in [7, 11) is 0. The number of carboxylic acid groups (broad SMARTS) is 1. The van der Waals surface area contributed by atoms with Gasteiger partial charge in [-0.05, 0) is 28.3 Å². The molecule has 2 aromatic carbocycles. The highest BCUT2D eigenvalue weighted by Crippen LogP contribution is 2.24. The topological polar surface area (TPSA) is 67.5 Å². The van der Waals surface area contributed by atoms with E-state index in [4.69, 9.17) is 5.11 Å². The zero-order chi connectivity index (χ0) is 15.5. The fourth-order valence-corrected chi connectivity index (χ4v) is 2.23. The maximum absolute atomic E-state index is 11.4. The van der Waals surface area contributed by atoms with Crippen LogP contribution in [-0.2, 0) is 0 Å². The first-order valence-corrected chi connectivity index (χ1v) is 6.68. The number of hydrogen-bond donors (Lipinski definition) is 1. The van der Waals surface area contributed by atoms with E-state index in [2.05, 4.69) is 4.42 Å². The van der Waals surface area contributed by atoms with Crippen molar-refractivity contribution in [3.05, 3.63) is 82.9 Å². The van der Waals surface area contributed by atoms with E-state index in [1.54, 1.807) is 0 Å². The van der Waals surface area contributed by atoms with Crippen molar-refractivity contribution in [2.75, 3.05) is 0 Å². The molecule has 0 aliphatic carbocycles. The monoisotopic (exact) mass is 292 g/mol. The molecule has 0 radical (unpaired) electrons. The largest absolute Gasteiger partial charge is 0.475 e. The molecule has 1 N–H and O–H groups in total. The van der Waals surface area contributed by atoms with Crippen molar-refractivity contribution >= 4 is 5.97 Å². The standard InChI is InChI=1S/C18H12O4/c19-17-11-15(10-16(22-17)18(20)21)14-8-6-13(7-9-14)12-4-2-1-3-5-12/h1-11H,(H,20,21). The molecule has 0 bridgehead atoms. The number of carbonyl (C=O) groups is 1. The number of carboxylic acids is 1. The summed E-state index contributed by atoms with van der Waals surface area (Å²) in [5, 5.41) is 8.94. The minimum Gasteiger partial charge on any atom is -0.475 e. The summed E-state index contributed by atoms with van der Waals surface area (Å²) in [4.78, 5) is 22.4. The lowest BCUT2D eigenvalue weighted by Gasteiger charge is -2.05. The second-order valence-corrected chi connectivity index (χ2v) is 4.78. The van der Waals surface area contributed by atoms with Crippen LogP contribution in [0.1, 0.15) is 10.6 Å². The maximum atomic E-state index is 11.4.